The molecule has 2 unspecified atom stereocenters. The largest absolute Gasteiger partial charge is 0.497 e. The summed E-state index contributed by atoms with van der Waals surface area (Å²) >= 11 is 3.22. The van der Waals surface area contributed by atoms with Crippen LogP contribution in [0.5, 0.6) is 5.75 Å². The number of nitrogens with two attached hydrogens (primary N) is 1. The lowest BCUT2D eigenvalue weighted by molar-refractivity contribution is 0.414. The van der Waals surface area contributed by atoms with Crippen molar-refractivity contribution in [3.8, 4) is 5.75 Å². The van der Waals surface area contributed by atoms with Crippen molar-refractivity contribution in [2.45, 2.75) is 22.6 Å². The average molecular weight is 324 g/mol. The molecule has 0 radical (unpaired) electrons. The molecule has 0 spiro atoms. The minimum absolute atomic E-state index is 0.00573. The molecule has 0 bridgehead atoms. The van der Waals surface area contributed by atoms with Crippen molar-refractivity contribution in [2.75, 3.05) is 26.1 Å². The van der Waals surface area contributed by atoms with Gasteiger partial charge in [-0.3, -0.25) is 0 Å². The van der Waals surface area contributed by atoms with Crippen LogP contribution in [0.1, 0.15) is 17.7 Å². The second kappa shape index (κ2) is 7.11. The zero-order valence-electron chi connectivity index (χ0n) is 12.6. The highest BCUT2D eigenvalue weighted by atomic mass is 32.2. The molecule has 0 aliphatic carbocycles. The van der Waals surface area contributed by atoms with E-state index in [1.165, 1.54) is 0 Å². The number of hydrogen-bond donors (Lipinski definition) is 1. The van der Waals surface area contributed by atoms with E-state index < -0.39 is 0 Å². The molecule has 7 heteroatoms. The van der Waals surface area contributed by atoms with E-state index in [0.717, 1.165) is 20.8 Å². The third-order valence-electron chi connectivity index (χ3n) is 2.91. The molecule has 2 N–H and O–H groups in total. The summed E-state index contributed by atoms with van der Waals surface area (Å²) < 4.78 is 6.21. The molecule has 21 heavy (non-hydrogen) atoms. The minimum atomic E-state index is -0.00573. The van der Waals surface area contributed by atoms with Crippen molar-refractivity contribution >= 4 is 28.2 Å². The van der Waals surface area contributed by atoms with Gasteiger partial charge < -0.3 is 15.4 Å². The van der Waals surface area contributed by atoms with Crippen LogP contribution in [-0.2, 0) is 0 Å². The van der Waals surface area contributed by atoms with Gasteiger partial charge >= 0.3 is 0 Å². The van der Waals surface area contributed by atoms with Gasteiger partial charge in [0.2, 0.25) is 5.13 Å². The van der Waals surface area contributed by atoms with Gasteiger partial charge in [0.05, 0.1) is 12.4 Å². The SMILES string of the molecule is COc1cccc(C(Sc2nnc(N(C)C)s2)C(C)N)c1. The number of ether oxygens (including phenoxy) is 1. The molecular formula is C14H20N4OS2. The lowest BCUT2D eigenvalue weighted by Gasteiger charge is -2.19. The number of rotatable bonds is 6. The van der Waals surface area contributed by atoms with E-state index in [4.69, 9.17) is 10.5 Å². The molecule has 2 atom stereocenters. The van der Waals surface area contributed by atoms with E-state index in [9.17, 15) is 0 Å². The zero-order valence-corrected chi connectivity index (χ0v) is 14.2. The van der Waals surface area contributed by atoms with Gasteiger partial charge in [0, 0.05) is 20.1 Å². The number of nitrogens with zero attached hydrogens (tertiary/aromatic N) is 3. The molecule has 1 heterocycles. The molecule has 2 aromatic rings. The van der Waals surface area contributed by atoms with Gasteiger partial charge in [-0.25, -0.2) is 0 Å². The fourth-order valence-corrected chi connectivity index (χ4v) is 3.87. The normalized spacial score (nSPS) is 13.8. The summed E-state index contributed by atoms with van der Waals surface area (Å²) in [6.45, 7) is 2.00. The van der Waals surface area contributed by atoms with Gasteiger partial charge in [0.15, 0.2) is 4.34 Å². The lowest BCUT2D eigenvalue weighted by atomic mass is 10.1. The maximum atomic E-state index is 6.16. The summed E-state index contributed by atoms with van der Waals surface area (Å²) in [6.07, 6.45) is 0. The van der Waals surface area contributed by atoms with Crippen LogP contribution in [0, 0.1) is 0 Å². The summed E-state index contributed by atoms with van der Waals surface area (Å²) in [5.41, 5.74) is 7.29. The lowest BCUT2D eigenvalue weighted by Crippen LogP contribution is -2.22. The highest BCUT2D eigenvalue weighted by molar-refractivity contribution is 8.01. The molecule has 0 aliphatic heterocycles. The minimum Gasteiger partial charge on any atom is -0.497 e. The Hall–Kier alpha value is -1.31. The third kappa shape index (κ3) is 4.09. The van der Waals surface area contributed by atoms with E-state index in [1.807, 2.05) is 44.1 Å². The van der Waals surface area contributed by atoms with Crippen molar-refractivity contribution < 1.29 is 4.74 Å². The van der Waals surface area contributed by atoms with Crippen LogP contribution >= 0.6 is 23.1 Å². The first-order chi connectivity index (χ1) is 10.0. The number of hydrogen-bond acceptors (Lipinski definition) is 7. The maximum absolute atomic E-state index is 6.16. The Morgan fingerprint density at radius 2 is 2.10 bits per heavy atom. The summed E-state index contributed by atoms with van der Waals surface area (Å²) in [4.78, 5) is 1.95. The molecule has 1 aromatic carbocycles. The van der Waals surface area contributed by atoms with E-state index in [2.05, 4.69) is 16.3 Å². The van der Waals surface area contributed by atoms with E-state index in [1.54, 1.807) is 30.2 Å². The molecule has 0 aliphatic rings. The fraction of sp³-hybridized carbons (Fsp3) is 0.429. The number of benzene rings is 1. The fourth-order valence-electron chi connectivity index (χ4n) is 1.84. The Bertz CT molecular complexity index is 586. The molecule has 5 nitrogen and oxygen atoms in total. The van der Waals surface area contributed by atoms with Crippen molar-refractivity contribution in [1.82, 2.24) is 10.2 Å². The molecule has 0 fully saturated rings. The molecule has 0 saturated carbocycles. The Labute approximate surface area is 133 Å². The molecule has 2 rings (SSSR count). The van der Waals surface area contributed by atoms with Gasteiger partial charge in [0.1, 0.15) is 5.75 Å². The highest BCUT2D eigenvalue weighted by Gasteiger charge is 2.21. The van der Waals surface area contributed by atoms with E-state index in [0.29, 0.717) is 0 Å². The summed E-state index contributed by atoms with van der Waals surface area (Å²) in [5.74, 6) is 0.838. The number of thioether (sulfide) groups is 1. The van der Waals surface area contributed by atoms with Crippen molar-refractivity contribution in [1.29, 1.82) is 0 Å². The van der Waals surface area contributed by atoms with Crippen molar-refractivity contribution in [2.24, 2.45) is 5.73 Å². The highest BCUT2D eigenvalue weighted by Crippen LogP contribution is 2.40. The topological polar surface area (TPSA) is 64.3 Å². The average Bonchev–Trinajstić information content (AvgIpc) is 2.93. The number of anilines is 1. The predicted molar refractivity (Wildman–Crippen MR) is 89.5 cm³/mol. The Morgan fingerprint density at radius 3 is 2.67 bits per heavy atom. The summed E-state index contributed by atoms with van der Waals surface area (Å²) in [6, 6.07) is 8.00. The van der Waals surface area contributed by atoms with Gasteiger partial charge in [-0.1, -0.05) is 35.2 Å². The standard InChI is InChI=1S/C14H20N4OS2/c1-9(15)12(10-6-5-7-11(8-10)19-4)20-14-17-16-13(21-14)18(2)3/h5-9,12H,15H2,1-4H3. The Morgan fingerprint density at radius 1 is 1.33 bits per heavy atom. The Kier molecular flexibility index (Phi) is 5.44. The van der Waals surface area contributed by atoms with Crippen LogP contribution in [0.4, 0.5) is 5.13 Å². The number of methoxy groups -OCH3 is 1. The molecule has 114 valence electrons. The van der Waals surface area contributed by atoms with Crippen LogP contribution in [0.3, 0.4) is 0 Å². The van der Waals surface area contributed by atoms with Gasteiger partial charge in [-0.05, 0) is 24.6 Å². The second-order valence-corrected chi connectivity index (χ2v) is 7.26. The first kappa shape index (κ1) is 16.1. The second-order valence-electron chi connectivity index (χ2n) is 4.92. The molecular weight excluding hydrogens is 304 g/mol. The van der Waals surface area contributed by atoms with Crippen LogP contribution in [0.2, 0.25) is 0 Å². The molecule has 0 saturated heterocycles. The zero-order chi connectivity index (χ0) is 15.4. The van der Waals surface area contributed by atoms with Crippen molar-refractivity contribution in [3.63, 3.8) is 0 Å². The predicted octanol–water partition coefficient (Wildman–Crippen LogP) is 2.79. The van der Waals surface area contributed by atoms with Gasteiger partial charge in [-0.2, -0.15) is 0 Å². The monoisotopic (exact) mass is 324 g/mol. The third-order valence-corrected chi connectivity index (χ3v) is 5.57. The van der Waals surface area contributed by atoms with Gasteiger partial charge in [-0.15, -0.1) is 10.2 Å². The summed E-state index contributed by atoms with van der Waals surface area (Å²) in [5, 5.41) is 9.40. The van der Waals surface area contributed by atoms with Crippen LogP contribution in [-0.4, -0.2) is 37.4 Å². The Balaban J connectivity index is 2.22. The number of aromatic nitrogens is 2. The molecule has 0 amide bonds. The molecule has 1 aromatic heterocycles. The van der Waals surface area contributed by atoms with Crippen molar-refractivity contribution in [3.05, 3.63) is 29.8 Å². The van der Waals surface area contributed by atoms with Gasteiger partial charge in [0.25, 0.3) is 0 Å². The maximum Gasteiger partial charge on any atom is 0.208 e. The van der Waals surface area contributed by atoms with Crippen LogP contribution in [0.15, 0.2) is 28.6 Å². The smallest absolute Gasteiger partial charge is 0.208 e. The van der Waals surface area contributed by atoms with E-state index in [-0.39, 0.29) is 11.3 Å². The van der Waals surface area contributed by atoms with E-state index >= 15 is 0 Å². The van der Waals surface area contributed by atoms with Crippen LogP contribution < -0.4 is 15.4 Å². The summed E-state index contributed by atoms with van der Waals surface area (Å²) in [7, 11) is 5.58. The first-order valence-electron chi connectivity index (χ1n) is 6.58. The first-order valence-corrected chi connectivity index (χ1v) is 8.28. The quantitative estimate of drug-likeness (QED) is 0.824. The van der Waals surface area contributed by atoms with Crippen LogP contribution in [0.25, 0.3) is 0 Å².